The molecule has 4 heteroatoms. The fourth-order valence-electron chi connectivity index (χ4n) is 4.96. The van der Waals surface area contributed by atoms with E-state index in [0.717, 1.165) is 23.1 Å². The van der Waals surface area contributed by atoms with Gasteiger partial charge in [-0.05, 0) is 47.4 Å². The average molecular weight is 452 g/mol. The van der Waals surface area contributed by atoms with Gasteiger partial charge in [0.15, 0.2) is 5.75 Å². The minimum atomic E-state index is -0.659. The van der Waals surface area contributed by atoms with Crippen LogP contribution in [-0.2, 0) is 15.7 Å². The minimum absolute atomic E-state index is 0.434. The maximum absolute atomic E-state index is 11.7. The van der Waals surface area contributed by atoms with Gasteiger partial charge in [0.1, 0.15) is 17.7 Å². The Morgan fingerprint density at radius 1 is 0.727 bits per heavy atom. The fraction of sp³-hybridized carbons (Fsp3) is 0.103. The summed E-state index contributed by atoms with van der Waals surface area (Å²) < 4.78 is 0. The summed E-state index contributed by atoms with van der Waals surface area (Å²) in [4.78, 5) is 18.1. The number of hydroxylamine groups is 2. The summed E-state index contributed by atoms with van der Waals surface area (Å²) >= 11 is 6.07. The number of hydrogen-bond donors (Lipinski definition) is 0. The van der Waals surface area contributed by atoms with Gasteiger partial charge in [-0.3, -0.25) is 0 Å². The van der Waals surface area contributed by atoms with Crippen LogP contribution in [0.15, 0.2) is 121 Å². The summed E-state index contributed by atoms with van der Waals surface area (Å²) in [5.74, 6) is 2.54. The Hall–Kier alpha value is -3.78. The third-order valence-electron chi connectivity index (χ3n) is 6.45. The lowest BCUT2D eigenvalue weighted by Crippen LogP contribution is -2.40. The van der Waals surface area contributed by atoms with Crippen molar-refractivity contribution in [3.05, 3.63) is 143 Å². The van der Waals surface area contributed by atoms with Crippen molar-refractivity contribution in [1.82, 2.24) is 5.06 Å². The standard InChI is InChI=1S/C29H22ClNO2/c30-26-16-18-27(19-17-26)33-31(20-21-32)29(25-14-8-3-9-15-25)22-28(29,23-10-4-1-5-11-23)24-12-6-2-7-13-24/h1-20H,22H2. The third kappa shape index (κ3) is 3.52. The van der Waals surface area contributed by atoms with E-state index in [0.29, 0.717) is 10.8 Å². The van der Waals surface area contributed by atoms with Crippen LogP contribution in [0.1, 0.15) is 23.1 Å². The number of carbonyl (C=O) groups excluding carboxylic acids is 1. The highest BCUT2D eigenvalue weighted by Crippen LogP contribution is 2.70. The molecule has 1 aliphatic carbocycles. The molecule has 0 N–H and O–H groups in total. The molecular weight excluding hydrogens is 430 g/mol. The molecule has 0 bridgehead atoms. The Bertz CT molecular complexity index is 1230. The maximum atomic E-state index is 11.7. The highest BCUT2D eigenvalue weighted by atomic mass is 35.5. The summed E-state index contributed by atoms with van der Waals surface area (Å²) in [5.41, 5.74) is 2.27. The topological polar surface area (TPSA) is 29.5 Å². The van der Waals surface area contributed by atoms with E-state index in [4.69, 9.17) is 16.4 Å². The Morgan fingerprint density at radius 3 is 1.70 bits per heavy atom. The molecule has 4 aromatic carbocycles. The van der Waals surface area contributed by atoms with E-state index in [9.17, 15) is 4.79 Å². The van der Waals surface area contributed by atoms with Crippen LogP contribution < -0.4 is 4.84 Å². The first-order valence-electron chi connectivity index (χ1n) is 10.8. The Kier molecular flexibility index (Phi) is 5.51. The van der Waals surface area contributed by atoms with Crippen molar-refractivity contribution in [2.24, 2.45) is 0 Å². The van der Waals surface area contributed by atoms with Gasteiger partial charge in [-0.25, -0.2) is 4.79 Å². The lowest BCUT2D eigenvalue weighted by molar-refractivity contribution is -0.0683. The summed E-state index contributed by atoms with van der Waals surface area (Å²) in [7, 11) is 0. The van der Waals surface area contributed by atoms with Gasteiger partial charge in [-0.2, -0.15) is 5.06 Å². The number of rotatable bonds is 7. The molecule has 1 unspecified atom stereocenters. The first-order valence-corrected chi connectivity index (χ1v) is 11.2. The first kappa shape index (κ1) is 21.1. The molecule has 0 heterocycles. The number of hydrogen-bond acceptors (Lipinski definition) is 3. The van der Waals surface area contributed by atoms with E-state index in [-0.39, 0.29) is 0 Å². The summed E-state index contributed by atoms with van der Waals surface area (Å²) in [6, 6.07) is 38.1. The van der Waals surface area contributed by atoms with Gasteiger partial charge in [0.05, 0.1) is 5.41 Å². The molecule has 3 nitrogen and oxygen atoms in total. The summed E-state index contributed by atoms with van der Waals surface area (Å²) in [6.45, 7) is 0. The molecule has 33 heavy (non-hydrogen) atoms. The van der Waals surface area contributed by atoms with E-state index in [1.54, 1.807) is 29.3 Å². The Balaban J connectivity index is 1.73. The monoisotopic (exact) mass is 451 g/mol. The Morgan fingerprint density at radius 2 is 1.21 bits per heavy atom. The van der Waals surface area contributed by atoms with Gasteiger partial charge in [-0.15, -0.1) is 0 Å². The smallest absolute Gasteiger partial charge is 0.155 e. The van der Waals surface area contributed by atoms with Crippen LogP contribution in [-0.4, -0.2) is 11.0 Å². The van der Waals surface area contributed by atoms with Crippen LogP contribution in [0.3, 0.4) is 0 Å². The number of nitrogens with zero attached hydrogens (tertiary/aromatic N) is 1. The van der Waals surface area contributed by atoms with Crippen LogP contribution in [0.5, 0.6) is 5.75 Å². The predicted octanol–water partition coefficient (Wildman–Crippen LogP) is 6.57. The summed E-state index contributed by atoms with van der Waals surface area (Å²) in [6.07, 6.45) is 2.08. The molecule has 1 atom stereocenters. The number of halogens is 1. The van der Waals surface area contributed by atoms with Gasteiger partial charge in [0, 0.05) is 5.02 Å². The molecule has 0 spiro atoms. The zero-order valence-corrected chi connectivity index (χ0v) is 18.7. The van der Waals surface area contributed by atoms with E-state index >= 15 is 0 Å². The fourth-order valence-corrected chi connectivity index (χ4v) is 5.09. The average Bonchev–Trinajstić information content (AvgIpc) is 3.59. The van der Waals surface area contributed by atoms with Crippen LogP contribution in [0, 0.1) is 0 Å². The normalized spacial score (nSPS) is 18.1. The molecular formula is C29H22ClNO2. The van der Waals surface area contributed by atoms with Crippen molar-refractivity contribution in [3.63, 3.8) is 0 Å². The Labute approximate surface area is 198 Å². The zero-order chi connectivity index (χ0) is 22.7. The minimum Gasteiger partial charge on any atom is -0.379 e. The van der Waals surface area contributed by atoms with Crippen molar-refractivity contribution in [1.29, 1.82) is 0 Å². The highest BCUT2D eigenvalue weighted by Gasteiger charge is 2.74. The van der Waals surface area contributed by atoms with Crippen molar-refractivity contribution >= 4 is 17.5 Å². The van der Waals surface area contributed by atoms with Gasteiger partial charge in [-0.1, -0.05) is 103 Å². The third-order valence-corrected chi connectivity index (χ3v) is 6.70. The van der Waals surface area contributed by atoms with Crippen LogP contribution in [0.25, 0.3) is 0 Å². The van der Waals surface area contributed by atoms with E-state index in [2.05, 4.69) is 36.4 Å². The lowest BCUT2D eigenvalue weighted by Gasteiger charge is -2.35. The SMILES string of the molecule is O=C=CN(Oc1ccc(Cl)cc1)C1(c2ccccc2)CC1(c1ccccc1)c1ccccc1. The molecule has 162 valence electrons. The molecule has 1 aliphatic rings. The van der Waals surface area contributed by atoms with Gasteiger partial charge in [0.2, 0.25) is 0 Å². The van der Waals surface area contributed by atoms with Crippen molar-refractivity contribution < 1.29 is 9.63 Å². The van der Waals surface area contributed by atoms with Gasteiger partial charge < -0.3 is 4.84 Å². The quantitative estimate of drug-likeness (QED) is 0.235. The molecule has 1 fully saturated rings. The van der Waals surface area contributed by atoms with Gasteiger partial charge in [0.25, 0.3) is 0 Å². The maximum Gasteiger partial charge on any atom is 0.155 e. The molecule has 1 saturated carbocycles. The van der Waals surface area contributed by atoms with Crippen LogP contribution >= 0.6 is 11.6 Å². The molecule has 4 aromatic rings. The second-order valence-corrected chi connectivity index (χ2v) is 8.59. The molecule has 0 radical (unpaired) electrons. The van der Waals surface area contributed by atoms with Crippen molar-refractivity contribution in [2.75, 3.05) is 0 Å². The molecule has 0 saturated heterocycles. The van der Waals surface area contributed by atoms with Crippen molar-refractivity contribution in [2.45, 2.75) is 17.4 Å². The predicted molar refractivity (Wildman–Crippen MR) is 131 cm³/mol. The van der Waals surface area contributed by atoms with Crippen LogP contribution in [0.4, 0.5) is 0 Å². The lowest BCUT2D eigenvalue weighted by atomic mass is 9.81. The van der Waals surface area contributed by atoms with Crippen molar-refractivity contribution in [3.8, 4) is 5.75 Å². The molecule has 0 amide bonds. The zero-order valence-electron chi connectivity index (χ0n) is 17.9. The second-order valence-electron chi connectivity index (χ2n) is 8.16. The first-order chi connectivity index (χ1) is 16.2. The van der Waals surface area contributed by atoms with E-state index in [1.807, 2.05) is 60.5 Å². The molecule has 5 rings (SSSR count). The second kappa shape index (κ2) is 8.63. The molecule has 0 aromatic heterocycles. The van der Waals surface area contributed by atoms with E-state index < -0.39 is 11.0 Å². The highest BCUT2D eigenvalue weighted by molar-refractivity contribution is 6.30. The summed E-state index contributed by atoms with van der Waals surface area (Å²) in [5, 5.41) is 2.28. The van der Waals surface area contributed by atoms with E-state index in [1.165, 1.54) is 6.20 Å². The number of benzene rings is 4. The van der Waals surface area contributed by atoms with Gasteiger partial charge >= 0.3 is 0 Å². The van der Waals surface area contributed by atoms with Crippen LogP contribution in [0.2, 0.25) is 5.02 Å². The molecule has 0 aliphatic heterocycles. The largest absolute Gasteiger partial charge is 0.379 e.